The number of nitrogen functional groups attached to an aromatic ring is 4. The van der Waals surface area contributed by atoms with Crippen molar-refractivity contribution in [3.63, 3.8) is 0 Å². The number of rotatable bonds is 28. The fraction of sp³-hybridized carbons (Fsp3) is 0.257. The van der Waals surface area contributed by atoms with Crippen LogP contribution in [0.3, 0.4) is 0 Å². The third-order valence-electron chi connectivity index (χ3n) is 26.9. The number of aromatic nitrogens is 19. The van der Waals surface area contributed by atoms with Gasteiger partial charge in [0.05, 0.1) is 68.6 Å². The average Bonchev–Trinajstić information content (AvgIpc) is 1.62. The largest absolute Gasteiger partial charge is 0.383 e. The molecule has 4 atom stereocenters. The minimum absolute atomic E-state index is 0.00248. The molecule has 0 radical (unpaired) electrons. The molecule has 149 heavy (non-hydrogen) atoms. The van der Waals surface area contributed by atoms with E-state index < -0.39 is 34.9 Å². The first kappa shape index (κ1) is 103. The lowest BCUT2D eigenvalue weighted by Gasteiger charge is -2.32. The second kappa shape index (κ2) is 46.4. The van der Waals surface area contributed by atoms with Crippen LogP contribution in [0.15, 0.2) is 246 Å². The molecule has 0 unspecified atom stereocenters. The predicted octanol–water partition coefficient (Wildman–Crippen LogP) is 15.8. The number of pyridine rings is 3. The fourth-order valence-electron chi connectivity index (χ4n) is 19.1. The van der Waals surface area contributed by atoms with Crippen molar-refractivity contribution in [2.45, 2.75) is 127 Å². The van der Waals surface area contributed by atoms with Gasteiger partial charge in [0.15, 0.2) is 69.0 Å². The average molecular weight is 2020 g/mol. The minimum Gasteiger partial charge on any atom is -0.383 e. The first-order valence-corrected chi connectivity index (χ1v) is 48.6. The third-order valence-corrected chi connectivity index (χ3v) is 26.9. The van der Waals surface area contributed by atoms with E-state index in [0.717, 1.165) is 108 Å². The summed E-state index contributed by atoms with van der Waals surface area (Å²) in [7, 11) is 0. The van der Waals surface area contributed by atoms with Crippen LogP contribution in [0, 0.1) is 29.1 Å². The molecule has 5 aromatic carbocycles. The van der Waals surface area contributed by atoms with E-state index in [-0.39, 0.29) is 113 Å². The summed E-state index contributed by atoms with van der Waals surface area (Å²) in [4.78, 5) is 151. The number of amides is 4. The van der Waals surface area contributed by atoms with Crippen molar-refractivity contribution in [3.8, 4) is 45.0 Å². The van der Waals surface area contributed by atoms with Gasteiger partial charge in [-0.3, -0.25) is 53.3 Å². The SMILES string of the molecule is C=CC(=O)N1CCC[C@@H](n2nc(-c3ccc(CCC(=O)c4cccc(F)c4F)cc3)c3c(N)ncnc32)C1.C=CC(=O)N1CCC[C@@H](n2nc(-c3ccc(CCC(=O)c4ccncc4F)cc3)c3c(N)ncnc32)C1.C=CC(=O)N1CCC[C@@H](n2nc(-c3ccc(CCC(=O)c4cnccc4F)cc3)c3c(N)ncnc32)C1.C=CC(=O)N1CCC[C@@H](n2nc(-c3ccc(CCC(=O)c4ncccc4F)cc3)c3c(N)ncnc32)C1. The van der Waals surface area contributed by atoms with E-state index in [1.54, 1.807) is 19.6 Å². The molecule has 20 rings (SSSR count). The van der Waals surface area contributed by atoms with E-state index >= 15 is 0 Å². The van der Waals surface area contributed by atoms with Crippen LogP contribution in [0.1, 0.15) is 165 Å². The summed E-state index contributed by atoms with van der Waals surface area (Å²) in [5.74, 6) is -4.44. The Kier molecular flexibility index (Phi) is 32.0. The van der Waals surface area contributed by atoms with Crippen molar-refractivity contribution in [3.05, 3.63) is 320 Å². The van der Waals surface area contributed by atoms with Crippen molar-refractivity contribution >= 4 is 114 Å². The summed E-state index contributed by atoms with van der Waals surface area (Å²) in [6, 6.07) is 39.1. The predicted molar refractivity (Wildman–Crippen MR) is 550 cm³/mol. The monoisotopic (exact) mass is 2010 g/mol. The summed E-state index contributed by atoms with van der Waals surface area (Å²) in [5, 5.41) is 22.1. The van der Waals surface area contributed by atoms with E-state index in [1.807, 2.05) is 116 Å². The zero-order valence-corrected chi connectivity index (χ0v) is 81.1. The summed E-state index contributed by atoms with van der Waals surface area (Å²) in [6.07, 6.45) is 26.4. The van der Waals surface area contributed by atoms with Gasteiger partial charge in [0.1, 0.15) is 82.9 Å². The van der Waals surface area contributed by atoms with Crippen molar-refractivity contribution in [2.75, 3.05) is 75.3 Å². The van der Waals surface area contributed by atoms with Crippen LogP contribution in [0.4, 0.5) is 45.2 Å². The molecule has 4 fully saturated rings. The number of Topliss-reactive ketones (excluding diaryl/α,β-unsaturated/α-hetero) is 4. The first-order chi connectivity index (χ1) is 72.2. The number of carbonyl (C=O) groups excluding carboxylic acids is 8. The molecule has 8 N–H and O–H groups in total. The number of ketones is 4. The number of benzene rings is 5. The Morgan fingerprint density at radius 1 is 0.315 bits per heavy atom. The molecule has 4 saturated heterocycles. The number of nitrogens with zero attached hydrogens (tertiary/aromatic N) is 23. The van der Waals surface area contributed by atoms with E-state index in [1.165, 1.54) is 111 Å². The Bertz CT molecular complexity index is 7260. The van der Waals surface area contributed by atoms with Crippen molar-refractivity contribution in [1.82, 2.24) is 114 Å². The number of carbonyl (C=O) groups is 8. The number of halogens is 5. The number of anilines is 4. The van der Waals surface area contributed by atoms with Gasteiger partial charge in [-0.2, -0.15) is 20.4 Å². The molecule has 0 aliphatic carbocycles. The standard InChI is InChI=1S/C28H26F2N6O2.3C27H26FN7O2/c1-2-23(38)35-14-4-5-19(15-35)36-28-24(27(31)32-16-33-28)26(34-36)18-11-8-17(9-12-18)10-13-22(37)20-6-3-7-21(29)25(20)30;1-2-22(37)34-14-4-5-19(15-34)35-27-23(26(29)31-16-32-27)24(33-35)18-10-7-17(8-11-18)9-12-21(36)25-20(28)6-3-13-30-25;1-2-23(37)34-13-3-4-19(15-34)35-27-24(26(29)31-16-32-27)25(33-35)18-8-5-17(6-9-18)7-10-22(36)20-14-30-12-11-21(20)28;1-2-23(37)34-13-3-4-19(15-34)35-27-24(26(29)31-16-32-27)25(33-35)18-8-5-17(6-9-18)7-10-22(36)20-11-12-30-14-21(20)28/h2-3,6-9,11-12,16,19H,1,4-5,10,13-15H2,(H2,31,32,33);2-3,6-8,10-11,13,16,19H,1,4-5,9,12,14-15H2,(H2,29,31,32);2*2,5-6,8-9,11-12,14,16,19H,1,3-4,7,10,13,15H2,(H2,29,31,32)/t4*19-/m1111/s1. The zero-order valence-electron chi connectivity index (χ0n) is 81.1. The molecule has 0 spiro atoms. The van der Waals surface area contributed by atoms with Crippen molar-refractivity contribution < 1.29 is 60.3 Å². The number of hydrogen-bond donors (Lipinski definition) is 4. The highest BCUT2D eigenvalue weighted by Gasteiger charge is 2.35. The van der Waals surface area contributed by atoms with Crippen LogP contribution < -0.4 is 22.9 Å². The van der Waals surface area contributed by atoms with Gasteiger partial charge in [0.25, 0.3) is 0 Å². The van der Waals surface area contributed by atoms with Gasteiger partial charge in [-0.1, -0.05) is 129 Å². The highest BCUT2D eigenvalue weighted by atomic mass is 19.2. The highest BCUT2D eigenvalue weighted by molar-refractivity contribution is 6.03. The number of fused-ring (bicyclic) bond motifs is 4. The van der Waals surface area contributed by atoms with Crippen molar-refractivity contribution in [1.29, 1.82) is 0 Å². The molecule has 4 aliphatic heterocycles. The quantitative estimate of drug-likeness (QED) is 0.0201. The Morgan fingerprint density at radius 3 is 0.946 bits per heavy atom. The van der Waals surface area contributed by atoms with Gasteiger partial charge in [-0.15, -0.1) is 0 Å². The van der Waals surface area contributed by atoms with Gasteiger partial charge in [0, 0.05) is 125 Å². The fourth-order valence-corrected chi connectivity index (χ4v) is 19.1. The molecule has 0 bridgehead atoms. The Morgan fingerprint density at radius 2 is 0.624 bits per heavy atom. The third kappa shape index (κ3) is 22.9. The Hall–Kier alpha value is -17.9. The van der Waals surface area contributed by atoms with E-state index in [0.29, 0.717) is 168 Å². The van der Waals surface area contributed by atoms with Gasteiger partial charge in [0.2, 0.25) is 23.6 Å². The second-order valence-electron chi connectivity index (χ2n) is 36.3. The van der Waals surface area contributed by atoms with Gasteiger partial charge < -0.3 is 42.5 Å². The molecule has 4 aliphatic rings. The molecule has 16 aromatic rings. The molecule has 15 heterocycles. The minimum atomic E-state index is -1.12. The van der Waals surface area contributed by atoms with Crippen LogP contribution in [0.5, 0.6) is 0 Å². The summed E-state index contributed by atoms with van der Waals surface area (Å²) < 4.78 is 76.3. The Balaban J connectivity index is 0.000000135. The maximum atomic E-state index is 13.9. The molecular weight excluding hydrogens is 1910 g/mol. The highest BCUT2D eigenvalue weighted by Crippen LogP contribution is 2.41. The number of hydrogen-bond acceptors (Lipinski definition) is 27. The number of likely N-dealkylation sites (tertiary alicyclic amines) is 4. The van der Waals surface area contributed by atoms with Crippen LogP contribution >= 0.6 is 0 Å². The van der Waals surface area contributed by atoms with Crippen LogP contribution in [-0.4, -0.2) is 213 Å². The smallest absolute Gasteiger partial charge is 0.246 e. The lowest BCUT2D eigenvalue weighted by Crippen LogP contribution is -2.40. The molecule has 35 nitrogen and oxygen atoms in total. The zero-order chi connectivity index (χ0) is 105. The number of piperidine rings is 4. The van der Waals surface area contributed by atoms with E-state index in [4.69, 9.17) is 43.3 Å². The topological polar surface area (TPSA) is 467 Å². The molecule has 0 saturated carbocycles. The van der Waals surface area contributed by atoms with Gasteiger partial charge >= 0.3 is 0 Å². The lowest BCUT2D eigenvalue weighted by molar-refractivity contribution is -0.128. The first-order valence-electron chi connectivity index (χ1n) is 48.6. The van der Waals surface area contributed by atoms with E-state index in [2.05, 4.69) is 81.1 Å². The number of nitrogens with two attached hydrogens (primary N) is 4. The lowest BCUT2D eigenvalue weighted by atomic mass is 10.0. The van der Waals surface area contributed by atoms with Crippen molar-refractivity contribution in [2.24, 2.45) is 0 Å². The maximum absolute atomic E-state index is 13.9. The molecule has 758 valence electrons. The number of aryl methyl sites for hydroxylation is 4. The summed E-state index contributed by atoms with van der Waals surface area (Å²) >= 11 is 0. The van der Waals surface area contributed by atoms with Crippen LogP contribution in [-0.2, 0) is 44.9 Å². The van der Waals surface area contributed by atoms with Gasteiger partial charge in [-0.05, 0) is 160 Å². The van der Waals surface area contributed by atoms with E-state index in [9.17, 15) is 60.3 Å². The summed E-state index contributed by atoms with van der Waals surface area (Å²) in [6.45, 7) is 19.1. The molecule has 11 aromatic heterocycles. The van der Waals surface area contributed by atoms with Crippen LogP contribution in [0.2, 0.25) is 0 Å². The van der Waals surface area contributed by atoms with Gasteiger partial charge in [-0.25, -0.2) is 80.6 Å². The molecular formula is C109H104F5N27O8. The van der Waals surface area contributed by atoms with Crippen LogP contribution in [0.25, 0.3) is 89.2 Å². The molecule has 40 heteroatoms. The Labute approximate surface area is 850 Å². The molecule has 4 amide bonds. The maximum Gasteiger partial charge on any atom is 0.246 e. The normalized spacial score (nSPS) is 15.6. The summed E-state index contributed by atoms with van der Waals surface area (Å²) in [5.41, 5.74) is 36.6. The second-order valence-corrected chi connectivity index (χ2v) is 36.3.